The van der Waals surface area contributed by atoms with Crippen LogP contribution < -0.4 is 14.9 Å². The topological polar surface area (TPSA) is 87.2 Å². The lowest BCUT2D eigenvalue weighted by Crippen LogP contribution is -2.29. The SMILES string of the molecule is O=S(=O)(NCCNc1cc(N2CCCC2)cnn1)c1cccc(F)c1. The van der Waals surface area contributed by atoms with Crippen LogP contribution in [0.25, 0.3) is 0 Å². The highest BCUT2D eigenvalue weighted by atomic mass is 32.2. The van der Waals surface area contributed by atoms with Crippen molar-refractivity contribution in [3.8, 4) is 0 Å². The smallest absolute Gasteiger partial charge is 0.240 e. The first kappa shape index (κ1) is 17.6. The summed E-state index contributed by atoms with van der Waals surface area (Å²) in [5.74, 6) is 0.00403. The van der Waals surface area contributed by atoms with E-state index >= 15 is 0 Å². The normalized spacial score (nSPS) is 14.7. The molecule has 1 fully saturated rings. The second kappa shape index (κ2) is 7.75. The lowest BCUT2D eigenvalue weighted by Gasteiger charge is -2.17. The lowest BCUT2D eigenvalue weighted by molar-refractivity contribution is 0.579. The monoisotopic (exact) mass is 365 g/mol. The van der Waals surface area contributed by atoms with Gasteiger partial charge in [-0.2, -0.15) is 5.10 Å². The van der Waals surface area contributed by atoms with E-state index in [4.69, 9.17) is 0 Å². The molecule has 1 aliphatic rings. The van der Waals surface area contributed by atoms with Gasteiger partial charge in [0.05, 0.1) is 16.8 Å². The van der Waals surface area contributed by atoms with E-state index in [9.17, 15) is 12.8 Å². The van der Waals surface area contributed by atoms with Crippen LogP contribution in [0.3, 0.4) is 0 Å². The van der Waals surface area contributed by atoms with Gasteiger partial charge in [0.1, 0.15) is 5.82 Å². The summed E-state index contributed by atoms with van der Waals surface area (Å²) in [4.78, 5) is 2.15. The Labute approximate surface area is 146 Å². The van der Waals surface area contributed by atoms with Gasteiger partial charge in [0.15, 0.2) is 5.82 Å². The molecule has 0 radical (unpaired) electrons. The van der Waals surface area contributed by atoms with Gasteiger partial charge in [0, 0.05) is 32.2 Å². The van der Waals surface area contributed by atoms with Gasteiger partial charge in [-0.1, -0.05) is 6.07 Å². The maximum absolute atomic E-state index is 13.1. The minimum atomic E-state index is -3.73. The van der Waals surface area contributed by atoms with Gasteiger partial charge in [-0.3, -0.25) is 0 Å². The minimum Gasteiger partial charge on any atom is -0.370 e. The molecule has 2 N–H and O–H groups in total. The van der Waals surface area contributed by atoms with Crippen molar-refractivity contribution in [2.24, 2.45) is 0 Å². The molecule has 134 valence electrons. The molecule has 0 saturated carbocycles. The summed E-state index contributed by atoms with van der Waals surface area (Å²) in [7, 11) is -3.73. The molecular formula is C16H20FN5O2S. The molecule has 3 rings (SSSR count). The van der Waals surface area contributed by atoms with E-state index in [1.54, 1.807) is 6.20 Å². The van der Waals surface area contributed by atoms with Crippen molar-refractivity contribution < 1.29 is 12.8 Å². The van der Waals surface area contributed by atoms with Crippen LogP contribution in [0.2, 0.25) is 0 Å². The molecule has 25 heavy (non-hydrogen) atoms. The third kappa shape index (κ3) is 4.64. The van der Waals surface area contributed by atoms with Crippen molar-refractivity contribution in [1.29, 1.82) is 0 Å². The lowest BCUT2D eigenvalue weighted by atomic mass is 10.4. The summed E-state index contributed by atoms with van der Waals surface area (Å²) < 4.78 is 39.7. The van der Waals surface area contributed by atoms with Crippen molar-refractivity contribution in [3.05, 3.63) is 42.3 Å². The van der Waals surface area contributed by atoms with Crippen LogP contribution in [0, 0.1) is 5.82 Å². The molecule has 1 saturated heterocycles. The minimum absolute atomic E-state index is 0.0941. The molecule has 7 nitrogen and oxygen atoms in total. The molecule has 9 heteroatoms. The standard InChI is InChI=1S/C16H20FN5O2S/c17-13-4-3-5-15(10-13)25(23,24)20-7-6-18-16-11-14(12-19-21-16)22-8-1-2-9-22/h3-5,10-12,20H,1-2,6-9H2,(H,18,21). The number of aromatic nitrogens is 2. The summed E-state index contributed by atoms with van der Waals surface area (Å²) in [5.41, 5.74) is 1.01. The summed E-state index contributed by atoms with van der Waals surface area (Å²) >= 11 is 0. The molecule has 1 aromatic carbocycles. The first-order valence-corrected chi connectivity index (χ1v) is 9.60. The molecule has 2 heterocycles. The second-order valence-electron chi connectivity index (χ2n) is 5.78. The molecule has 0 spiro atoms. The Bertz CT molecular complexity index is 825. The second-order valence-corrected chi connectivity index (χ2v) is 7.54. The molecule has 1 aliphatic heterocycles. The number of nitrogens with one attached hydrogen (secondary N) is 2. The number of halogens is 1. The number of benzene rings is 1. The van der Waals surface area contributed by atoms with E-state index in [0.717, 1.165) is 24.8 Å². The molecular weight excluding hydrogens is 345 g/mol. The maximum Gasteiger partial charge on any atom is 0.240 e. The number of hydrogen-bond donors (Lipinski definition) is 2. The third-order valence-electron chi connectivity index (χ3n) is 3.94. The molecule has 0 unspecified atom stereocenters. The van der Waals surface area contributed by atoms with Crippen LogP contribution in [0.15, 0.2) is 41.4 Å². The highest BCUT2D eigenvalue weighted by molar-refractivity contribution is 7.89. The summed E-state index contributed by atoms with van der Waals surface area (Å²) in [6.45, 7) is 2.51. The Morgan fingerprint density at radius 2 is 1.96 bits per heavy atom. The fourth-order valence-electron chi connectivity index (χ4n) is 2.68. The fraction of sp³-hybridized carbons (Fsp3) is 0.375. The molecule has 0 amide bonds. The average molecular weight is 365 g/mol. The molecule has 2 aromatic rings. The Hall–Kier alpha value is -2.26. The van der Waals surface area contributed by atoms with Crippen LogP contribution in [-0.4, -0.2) is 44.8 Å². The first-order valence-electron chi connectivity index (χ1n) is 8.11. The Kier molecular flexibility index (Phi) is 5.44. The van der Waals surface area contributed by atoms with Crippen LogP contribution in [0.1, 0.15) is 12.8 Å². The van der Waals surface area contributed by atoms with Gasteiger partial charge in [0.2, 0.25) is 10.0 Å². The number of rotatable bonds is 7. The number of sulfonamides is 1. The highest BCUT2D eigenvalue weighted by Gasteiger charge is 2.15. The molecule has 0 atom stereocenters. The van der Waals surface area contributed by atoms with E-state index in [0.29, 0.717) is 12.4 Å². The van der Waals surface area contributed by atoms with Crippen molar-refractivity contribution in [2.45, 2.75) is 17.7 Å². The quantitative estimate of drug-likeness (QED) is 0.725. The van der Waals surface area contributed by atoms with Gasteiger partial charge < -0.3 is 10.2 Å². The maximum atomic E-state index is 13.1. The number of anilines is 2. The third-order valence-corrected chi connectivity index (χ3v) is 5.40. The Morgan fingerprint density at radius 1 is 1.16 bits per heavy atom. The fourth-order valence-corrected chi connectivity index (χ4v) is 3.75. The van der Waals surface area contributed by atoms with Crippen LogP contribution in [0.4, 0.5) is 15.9 Å². The van der Waals surface area contributed by atoms with E-state index in [1.807, 2.05) is 6.07 Å². The zero-order chi connectivity index (χ0) is 17.7. The first-order chi connectivity index (χ1) is 12.0. The largest absolute Gasteiger partial charge is 0.370 e. The highest BCUT2D eigenvalue weighted by Crippen LogP contribution is 2.20. The van der Waals surface area contributed by atoms with Crippen molar-refractivity contribution in [3.63, 3.8) is 0 Å². The van der Waals surface area contributed by atoms with Crippen molar-refractivity contribution >= 4 is 21.5 Å². The summed E-state index contributed by atoms with van der Waals surface area (Å²) in [6.07, 6.45) is 4.07. The van der Waals surface area contributed by atoms with Gasteiger partial charge >= 0.3 is 0 Å². The molecule has 0 bridgehead atoms. The van der Waals surface area contributed by atoms with E-state index in [1.165, 1.54) is 31.0 Å². The zero-order valence-corrected chi connectivity index (χ0v) is 14.5. The predicted molar refractivity (Wildman–Crippen MR) is 93.6 cm³/mol. The van der Waals surface area contributed by atoms with E-state index in [2.05, 4.69) is 25.1 Å². The summed E-state index contributed by atoms with van der Waals surface area (Å²) in [5, 5.41) is 11.0. The Morgan fingerprint density at radius 3 is 2.72 bits per heavy atom. The van der Waals surface area contributed by atoms with Crippen molar-refractivity contribution in [1.82, 2.24) is 14.9 Å². The summed E-state index contributed by atoms with van der Waals surface area (Å²) in [6, 6.07) is 6.80. The van der Waals surface area contributed by atoms with E-state index < -0.39 is 15.8 Å². The van der Waals surface area contributed by atoms with Crippen LogP contribution >= 0.6 is 0 Å². The van der Waals surface area contributed by atoms with Gasteiger partial charge in [-0.25, -0.2) is 17.5 Å². The Balaban J connectivity index is 1.52. The predicted octanol–water partition coefficient (Wildman–Crippen LogP) is 1.61. The van der Waals surface area contributed by atoms with E-state index in [-0.39, 0.29) is 11.4 Å². The van der Waals surface area contributed by atoms with Crippen LogP contribution in [-0.2, 0) is 10.0 Å². The number of nitrogens with zero attached hydrogens (tertiary/aromatic N) is 3. The van der Waals surface area contributed by atoms with Gasteiger partial charge in [0.25, 0.3) is 0 Å². The van der Waals surface area contributed by atoms with Crippen molar-refractivity contribution in [2.75, 3.05) is 36.4 Å². The average Bonchev–Trinajstić information content (AvgIpc) is 3.14. The molecule has 0 aliphatic carbocycles. The zero-order valence-electron chi connectivity index (χ0n) is 13.7. The van der Waals surface area contributed by atoms with Gasteiger partial charge in [-0.05, 0) is 31.0 Å². The van der Waals surface area contributed by atoms with Gasteiger partial charge in [-0.15, -0.1) is 5.10 Å². The molecule has 1 aromatic heterocycles. The van der Waals surface area contributed by atoms with Crippen LogP contribution in [0.5, 0.6) is 0 Å². The number of hydrogen-bond acceptors (Lipinski definition) is 6.